The summed E-state index contributed by atoms with van der Waals surface area (Å²) in [7, 11) is 1.81. The van der Waals surface area contributed by atoms with Gasteiger partial charge in [-0.2, -0.15) is 0 Å². The molecule has 0 bridgehead atoms. The number of nitrogens with zero attached hydrogens (tertiary/aromatic N) is 2. The number of likely N-dealkylation sites (tertiary alicyclic amines) is 1. The number of rotatable bonds is 5. The van der Waals surface area contributed by atoms with E-state index >= 15 is 0 Å². The quantitative estimate of drug-likeness (QED) is 0.768. The van der Waals surface area contributed by atoms with Crippen LogP contribution in [0.3, 0.4) is 0 Å². The van der Waals surface area contributed by atoms with Crippen LogP contribution in [0.2, 0.25) is 0 Å². The van der Waals surface area contributed by atoms with Crippen LogP contribution < -0.4 is 4.74 Å². The second-order valence-corrected chi connectivity index (χ2v) is 8.72. The van der Waals surface area contributed by atoms with Crippen molar-refractivity contribution in [2.45, 2.75) is 53.1 Å². The molecule has 2 amide bonds. The summed E-state index contributed by atoms with van der Waals surface area (Å²) in [5.74, 6) is 1.07. The lowest BCUT2D eigenvalue weighted by molar-refractivity contribution is -0.132. The minimum absolute atomic E-state index is 0.0344. The van der Waals surface area contributed by atoms with Gasteiger partial charge in [-0.1, -0.05) is 6.07 Å². The first-order valence-electron chi connectivity index (χ1n) is 9.97. The molecule has 1 aromatic rings. The highest BCUT2D eigenvalue weighted by Crippen LogP contribution is 2.21. The van der Waals surface area contributed by atoms with E-state index in [0.717, 1.165) is 24.2 Å². The predicted octanol–water partition coefficient (Wildman–Crippen LogP) is 3.79. The Hall–Kier alpha value is -2.24. The lowest BCUT2D eigenvalue weighted by atomic mass is 9.96. The van der Waals surface area contributed by atoms with E-state index in [-0.39, 0.29) is 18.6 Å². The maximum atomic E-state index is 12.4. The van der Waals surface area contributed by atoms with E-state index in [4.69, 9.17) is 9.47 Å². The van der Waals surface area contributed by atoms with Crippen LogP contribution in [0.1, 0.15) is 44.7 Å². The van der Waals surface area contributed by atoms with E-state index in [1.54, 1.807) is 9.80 Å². The van der Waals surface area contributed by atoms with Gasteiger partial charge in [-0.05, 0) is 76.6 Å². The van der Waals surface area contributed by atoms with Gasteiger partial charge in [0.25, 0.3) is 5.91 Å². The highest BCUT2D eigenvalue weighted by atomic mass is 16.6. The second kappa shape index (κ2) is 9.30. The first-order chi connectivity index (χ1) is 13.0. The molecule has 1 fully saturated rings. The molecule has 0 atom stereocenters. The summed E-state index contributed by atoms with van der Waals surface area (Å²) < 4.78 is 11.1. The summed E-state index contributed by atoms with van der Waals surface area (Å²) in [6.45, 7) is 11.7. The van der Waals surface area contributed by atoms with E-state index in [0.29, 0.717) is 25.6 Å². The molecule has 1 saturated heterocycles. The maximum Gasteiger partial charge on any atom is 0.410 e. The Morgan fingerprint density at radius 2 is 1.79 bits per heavy atom. The Labute approximate surface area is 168 Å². The summed E-state index contributed by atoms with van der Waals surface area (Å²) in [4.78, 5) is 28.0. The van der Waals surface area contributed by atoms with Crippen molar-refractivity contribution in [3.63, 3.8) is 0 Å². The maximum absolute atomic E-state index is 12.4. The molecule has 0 spiro atoms. The number of likely N-dealkylation sites (N-methyl/N-ethyl adjacent to an activating group) is 1. The SMILES string of the molecule is Cc1ccc(OCC(=O)N(C)CC2CCN(C(=O)OC(C)(C)C)CC2)cc1C. The molecule has 2 rings (SSSR count). The Bertz CT molecular complexity index is 688. The van der Waals surface area contributed by atoms with E-state index in [2.05, 4.69) is 0 Å². The van der Waals surface area contributed by atoms with E-state index in [1.165, 1.54) is 5.56 Å². The monoisotopic (exact) mass is 390 g/mol. The van der Waals surface area contributed by atoms with Gasteiger partial charge in [-0.3, -0.25) is 4.79 Å². The fraction of sp³-hybridized carbons (Fsp3) is 0.636. The van der Waals surface area contributed by atoms with Gasteiger partial charge in [0, 0.05) is 26.7 Å². The van der Waals surface area contributed by atoms with Crippen LogP contribution in [0.25, 0.3) is 0 Å². The summed E-state index contributed by atoms with van der Waals surface area (Å²) in [5.41, 5.74) is 1.87. The molecule has 28 heavy (non-hydrogen) atoms. The van der Waals surface area contributed by atoms with Crippen molar-refractivity contribution in [2.24, 2.45) is 5.92 Å². The van der Waals surface area contributed by atoms with E-state index in [1.807, 2.05) is 59.9 Å². The van der Waals surface area contributed by atoms with Gasteiger partial charge in [0.1, 0.15) is 11.4 Å². The van der Waals surface area contributed by atoms with Crippen LogP contribution >= 0.6 is 0 Å². The summed E-state index contributed by atoms with van der Waals surface area (Å²) >= 11 is 0. The standard InChI is InChI=1S/C22H34N2O4/c1-16-7-8-19(13-17(16)2)27-15-20(25)23(6)14-18-9-11-24(12-10-18)21(26)28-22(3,4)5/h7-8,13,18H,9-12,14-15H2,1-6H3. The van der Waals surface area contributed by atoms with Crippen LogP contribution in [0, 0.1) is 19.8 Å². The summed E-state index contributed by atoms with van der Waals surface area (Å²) in [6.07, 6.45) is 1.49. The van der Waals surface area contributed by atoms with Gasteiger partial charge in [0.05, 0.1) is 0 Å². The van der Waals surface area contributed by atoms with Gasteiger partial charge < -0.3 is 19.3 Å². The van der Waals surface area contributed by atoms with Gasteiger partial charge in [0.15, 0.2) is 6.61 Å². The first-order valence-corrected chi connectivity index (χ1v) is 9.97. The van der Waals surface area contributed by atoms with Crippen molar-refractivity contribution < 1.29 is 19.1 Å². The van der Waals surface area contributed by atoms with E-state index in [9.17, 15) is 9.59 Å². The number of benzene rings is 1. The molecule has 0 N–H and O–H groups in total. The minimum atomic E-state index is -0.476. The molecule has 156 valence electrons. The van der Waals surface area contributed by atoms with Crippen molar-refractivity contribution in [3.8, 4) is 5.75 Å². The van der Waals surface area contributed by atoms with Crippen molar-refractivity contribution in [2.75, 3.05) is 33.3 Å². The number of ether oxygens (including phenoxy) is 2. The molecule has 0 saturated carbocycles. The molecule has 0 aliphatic carbocycles. The summed E-state index contributed by atoms with van der Waals surface area (Å²) in [6, 6.07) is 5.84. The molecule has 0 radical (unpaired) electrons. The Morgan fingerprint density at radius 1 is 1.14 bits per heavy atom. The molecule has 6 heteroatoms. The number of carbonyl (C=O) groups excluding carboxylic acids is 2. The molecular weight excluding hydrogens is 356 g/mol. The van der Waals surface area contributed by atoms with Crippen molar-refractivity contribution in [1.29, 1.82) is 0 Å². The van der Waals surface area contributed by atoms with E-state index < -0.39 is 5.60 Å². The van der Waals surface area contributed by atoms with Gasteiger partial charge >= 0.3 is 6.09 Å². The molecule has 1 aromatic carbocycles. The third kappa shape index (κ3) is 6.73. The van der Waals surface area contributed by atoms with Crippen LogP contribution in [0.15, 0.2) is 18.2 Å². The predicted molar refractivity (Wildman–Crippen MR) is 110 cm³/mol. The van der Waals surface area contributed by atoms with Crippen LogP contribution in [-0.2, 0) is 9.53 Å². The second-order valence-electron chi connectivity index (χ2n) is 8.72. The van der Waals surface area contributed by atoms with Crippen molar-refractivity contribution in [1.82, 2.24) is 9.80 Å². The average Bonchev–Trinajstić information content (AvgIpc) is 2.61. The molecular formula is C22H34N2O4. The molecule has 1 heterocycles. The van der Waals surface area contributed by atoms with Crippen LogP contribution in [-0.4, -0.2) is 60.7 Å². The highest BCUT2D eigenvalue weighted by molar-refractivity contribution is 5.77. The molecule has 1 aliphatic rings. The molecule has 0 aromatic heterocycles. The fourth-order valence-corrected chi connectivity index (χ4v) is 3.17. The van der Waals surface area contributed by atoms with Crippen molar-refractivity contribution >= 4 is 12.0 Å². The number of hydrogen-bond acceptors (Lipinski definition) is 4. The zero-order valence-electron chi connectivity index (χ0n) is 18.1. The van der Waals surface area contributed by atoms with Gasteiger partial charge in [0.2, 0.25) is 0 Å². The average molecular weight is 391 g/mol. The third-order valence-corrected chi connectivity index (χ3v) is 5.06. The fourth-order valence-electron chi connectivity index (χ4n) is 3.17. The number of piperidine rings is 1. The zero-order valence-corrected chi connectivity index (χ0v) is 18.1. The Kier molecular flexibility index (Phi) is 7.33. The van der Waals surface area contributed by atoms with Crippen molar-refractivity contribution in [3.05, 3.63) is 29.3 Å². The largest absolute Gasteiger partial charge is 0.484 e. The number of carbonyl (C=O) groups is 2. The van der Waals surface area contributed by atoms with Gasteiger partial charge in [-0.25, -0.2) is 4.79 Å². The number of hydrogen-bond donors (Lipinski definition) is 0. The smallest absolute Gasteiger partial charge is 0.410 e. The topological polar surface area (TPSA) is 59.1 Å². The molecule has 1 aliphatic heterocycles. The van der Waals surface area contributed by atoms with Gasteiger partial charge in [-0.15, -0.1) is 0 Å². The minimum Gasteiger partial charge on any atom is -0.484 e. The Balaban J connectivity index is 1.74. The van der Waals surface area contributed by atoms with Crippen LogP contribution in [0.5, 0.6) is 5.75 Å². The Morgan fingerprint density at radius 3 is 2.36 bits per heavy atom. The van der Waals surface area contributed by atoms with Crippen LogP contribution in [0.4, 0.5) is 4.79 Å². The normalized spacial score (nSPS) is 15.3. The summed E-state index contributed by atoms with van der Waals surface area (Å²) in [5, 5.41) is 0. The molecule has 0 unspecified atom stereocenters. The number of amides is 2. The first kappa shape index (κ1) is 22.1. The third-order valence-electron chi connectivity index (χ3n) is 5.06. The highest BCUT2D eigenvalue weighted by Gasteiger charge is 2.28. The molecule has 6 nitrogen and oxygen atoms in total. The lowest BCUT2D eigenvalue weighted by Gasteiger charge is -2.34. The zero-order chi connectivity index (χ0) is 20.9. The lowest BCUT2D eigenvalue weighted by Crippen LogP contribution is -2.44. The number of aryl methyl sites for hydroxylation is 2.